The molecule has 0 saturated heterocycles. The highest BCUT2D eigenvalue weighted by atomic mass is 15.2. The highest BCUT2D eigenvalue weighted by Gasteiger charge is 2.48. The van der Waals surface area contributed by atoms with Crippen LogP contribution in [0.2, 0.25) is 0 Å². The van der Waals surface area contributed by atoms with E-state index >= 15 is 0 Å². The molecule has 0 atom stereocenters. The molecule has 0 aliphatic carbocycles. The summed E-state index contributed by atoms with van der Waals surface area (Å²) in [6.07, 6.45) is 0. The Morgan fingerprint density at radius 2 is 0.472 bits per heavy atom. The molecule has 12 rings (SSSR count). The number of anilines is 6. The molecular weight excluding hydrogens is 877 g/mol. The third kappa shape index (κ3) is 6.25. The second kappa shape index (κ2) is 17.4. The summed E-state index contributed by atoms with van der Waals surface area (Å²) in [6.45, 7) is 0. The Kier molecular flexibility index (Phi) is 10.4. The van der Waals surface area contributed by atoms with Crippen LogP contribution in [0, 0.1) is 45.3 Å². The van der Waals surface area contributed by atoms with Gasteiger partial charge in [-0.05, 0) is 93.0 Å². The highest BCUT2D eigenvalue weighted by molar-refractivity contribution is 5.96. The van der Waals surface area contributed by atoms with Crippen LogP contribution in [-0.4, -0.2) is 0 Å². The monoisotopic (exact) mass is 916 g/mol. The van der Waals surface area contributed by atoms with Crippen LogP contribution in [0.15, 0.2) is 243 Å². The third-order valence-corrected chi connectivity index (χ3v) is 14.5. The first-order valence-corrected chi connectivity index (χ1v) is 23.7. The number of hydrogen-bond acceptors (Lipinski definition) is 6. The summed E-state index contributed by atoms with van der Waals surface area (Å²) in [4.78, 5) is 4.24. The molecule has 10 aromatic carbocycles. The van der Waals surface area contributed by atoms with Gasteiger partial charge in [0.2, 0.25) is 0 Å². The van der Waals surface area contributed by atoms with Crippen LogP contribution in [0.1, 0.15) is 66.8 Å². The van der Waals surface area contributed by atoms with Gasteiger partial charge in [-0.25, -0.2) is 0 Å². The standard InChI is InChI=1S/C66H40N6/c67-41-45-37-53(71-59-33-17-13-29-55(59)65(49-21-5-1-6-22-49,50-23-7-2-8-24-50)56-30-14-18-34-60(56)71)38-46(42-68)63(45)64-47(43-69)39-54(40-48(64)44-70)72-61-35-19-15-31-57(61)66(51-25-9-3-10-26-51,52-27-11-4-12-28-52)58-32-16-20-36-62(58)72/h1-40H. The van der Waals surface area contributed by atoms with Gasteiger partial charge in [0.25, 0.3) is 0 Å². The Labute approximate surface area is 418 Å². The van der Waals surface area contributed by atoms with Gasteiger partial charge in [-0.2, -0.15) is 21.0 Å². The number of hydrogen-bond donors (Lipinski definition) is 0. The van der Waals surface area contributed by atoms with E-state index in [-0.39, 0.29) is 33.4 Å². The van der Waals surface area contributed by atoms with Crippen LogP contribution >= 0.6 is 0 Å². The predicted molar refractivity (Wildman–Crippen MR) is 284 cm³/mol. The average Bonchev–Trinajstić information content (AvgIpc) is 3.46. The zero-order valence-electron chi connectivity index (χ0n) is 38.8. The Morgan fingerprint density at radius 3 is 0.694 bits per heavy atom. The van der Waals surface area contributed by atoms with Crippen LogP contribution in [0.5, 0.6) is 0 Å². The highest BCUT2D eigenvalue weighted by Crippen LogP contribution is 2.60. The smallest absolute Gasteiger partial charge is 0.0999 e. The Bertz CT molecular complexity index is 3420. The fourth-order valence-electron chi connectivity index (χ4n) is 11.8. The van der Waals surface area contributed by atoms with Crippen LogP contribution in [0.4, 0.5) is 34.1 Å². The molecule has 0 amide bonds. The van der Waals surface area contributed by atoms with Crippen molar-refractivity contribution in [2.75, 3.05) is 9.80 Å². The zero-order chi connectivity index (χ0) is 48.8. The molecule has 2 aliphatic heterocycles. The lowest BCUT2D eigenvalue weighted by molar-refractivity contribution is 0.731. The van der Waals surface area contributed by atoms with Gasteiger partial charge in [-0.3, -0.25) is 0 Å². The molecule has 0 unspecified atom stereocenters. The van der Waals surface area contributed by atoms with Crippen molar-refractivity contribution in [3.8, 4) is 35.4 Å². The lowest BCUT2D eigenvalue weighted by atomic mass is 9.62. The van der Waals surface area contributed by atoms with Crippen LogP contribution in [0.3, 0.4) is 0 Å². The molecule has 6 heteroatoms. The van der Waals surface area contributed by atoms with Gasteiger partial charge in [-0.15, -0.1) is 0 Å². The largest absolute Gasteiger partial charge is 0.310 e. The summed E-state index contributed by atoms with van der Waals surface area (Å²) in [7, 11) is 0. The summed E-state index contributed by atoms with van der Waals surface area (Å²) in [5.41, 5.74) is 12.9. The molecule has 0 aromatic heterocycles. The summed E-state index contributed by atoms with van der Waals surface area (Å²) in [6, 6.07) is 92.0. The van der Waals surface area contributed by atoms with Crippen molar-refractivity contribution in [3.05, 3.63) is 309 Å². The van der Waals surface area contributed by atoms with Gasteiger partial charge in [-0.1, -0.05) is 194 Å². The van der Waals surface area contributed by atoms with E-state index in [0.717, 1.165) is 67.3 Å². The van der Waals surface area contributed by atoms with Gasteiger partial charge in [0.15, 0.2) is 0 Å². The number of rotatable bonds is 7. The van der Waals surface area contributed by atoms with Crippen molar-refractivity contribution in [1.29, 1.82) is 21.0 Å². The maximum Gasteiger partial charge on any atom is 0.0999 e. The summed E-state index contributed by atoms with van der Waals surface area (Å²) >= 11 is 0. The summed E-state index contributed by atoms with van der Waals surface area (Å²) in [5, 5.41) is 44.7. The molecule has 0 saturated carbocycles. The second-order valence-electron chi connectivity index (χ2n) is 18.0. The topological polar surface area (TPSA) is 102 Å². The maximum atomic E-state index is 11.2. The van der Waals surface area contributed by atoms with Gasteiger partial charge >= 0.3 is 0 Å². The lowest BCUT2D eigenvalue weighted by Crippen LogP contribution is -2.37. The Hall–Kier alpha value is -10.2. The minimum atomic E-state index is -0.715. The van der Waals surface area contributed by atoms with Crippen molar-refractivity contribution in [2.24, 2.45) is 0 Å². The minimum Gasteiger partial charge on any atom is -0.310 e. The van der Waals surface area contributed by atoms with Crippen LogP contribution in [-0.2, 0) is 10.8 Å². The van der Waals surface area contributed by atoms with Crippen molar-refractivity contribution >= 4 is 34.1 Å². The van der Waals surface area contributed by atoms with E-state index in [2.05, 4.69) is 204 Å². The van der Waals surface area contributed by atoms with Crippen molar-refractivity contribution < 1.29 is 0 Å². The Morgan fingerprint density at radius 1 is 0.264 bits per heavy atom. The van der Waals surface area contributed by atoms with E-state index in [1.165, 1.54) is 0 Å². The van der Waals surface area contributed by atoms with Crippen molar-refractivity contribution in [1.82, 2.24) is 0 Å². The SMILES string of the molecule is N#Cc1cc(N2c3ccccc3C(c3ccccc3)(c3ccccc3)c3ccccc32)cc(C#N)c1-c1c(C#N)cc(N2c3ccccc3C(c3ccccc3)(c3ccccc3)c3ccccc32)cc1C#N. The zero-order valence-corrected chi connectivity index (χ0v) is 38.8. The molecule has 334 valence electrons. The number of nitriles is 4. The third-order valence-electron chi connectivity index (χ3n) is 14.5. The van der Waals surface area contributed by atoms with E-state index in [9.17, 15) is 21.0 Å². The molecule has 6 nitrogen and oxygen atoms in total. The van der Waals surface area contributed by atoms with Crippen LogP contribution < -0.4 is 9.80 Å². The maximum absolute atomic E-state index is 11.2. The quantitative estimate of drug-likeness (QED) is 0.158. The number of para-hydroxylation sites is 4. The average molecular weight is 917 g/mol. The van der Waals surface area contributed by atoms with Crippen LogP contribution in [0.25, 0.3) is 11.1 Å². The predicted octanol–water partition coefficient (Wildman–Crippen LogP) is 15.2. The molecule has 72 heavy (non-hydrogen) atoms. The van der Waals surface area contributed by atoms with E-state index in [4.69, 9.17) is 0 Å². The van der Waals surface area contributed by atoms with E-state index in [1.54, 1.807) is 24.3 Å². The fraction of sp³-hybridized carbons (Fsp3) is 0.0303. The van der Waals surface area contributed by atoms with Gasteiger partial charge in [0.1, 0.15) is 0 Å². The molecule has 0 bridgehead atoms. The molecule has 2 aliphatic rings. The first-order valence-electron chi connectivity index (χ1n) is 23.7. The molecular formula is C66H40N6. The summed E-state index contributed by atoms with van der Waals surface area (Å²) < 4.78 is 0. The minimum absolute atomic E-state index is 0.159. The van der Waals surface area contributed by atoms with Crippen molar-refractivity contribution in [3.63, 3.8) is 0 Å². The second-order valence-corrected chi connectivity index (χ2v) is 18.0. The number of nitrogens with zero attached hydrogens (tertiary/aromatic N) is 6. The lowest BCUT2D eigenvalue weighted by Gasteiger charge is -2.46. The molecule has 0 radical (unpaired) electrons. The summed E-state index contributed by atoms with van der Waals surface area (Å²) in [5.74, 6) is 0. The molecule has 0 fully saturated rings. The Balaban J connectivity index is 1.05. The first-order chi connectivity index (χ1) is 35.6. The normalized spacial score (nSPS) is 13.4. The first kappa shape index (κ1) is 43.1. The van der Waals surface area contributed by atoms with E-state index < -0.39 is 10.8 Å². The van der Waals surface area contributed by atoms with E-state index in [1.807, 2.05) is 48.5 Å². The fourth-order valence-corrected chi connectivity index (χ4v) is 11.8. The van der Waals surface area contributed by atoms with Gasteiger partial charge < -0.3 is 9.80 Å². The van der Waals surface area contributed by atoms with Gasteiger partial charge in [0.05, 0.1) is 80.1 Å². The number of benzene rings is 10. The molecule has 10 aromatic rings. The van der Waals surface area contributed by atoms with E-state index in [0.29, 0.717) is 11.4 Å². The number of fused-ring (bicyclic) bond motifs is 4. The van der Waals surface area contributed by atoms with Crippen molar-refractivity contribution in [2.45, 2.75) is 10.8 Å². The molecule has 0 N–H and O–H groups in total. The van der Waals surface area contributed by atoms with Gasteiger partial charge in [0, 0.05) is 22.5 Å². The molecule has 2 heterocycles. The molecule has 0 spiro atoms.